The standard InChI is InChI=1S/C10H20N2O.ClH/c1-7-4-8(5-7)9(13)12-10(2,3)6-11;/h7-8H,4-6,11H2,1-3H3,(H,12,13);1H. The Labute approximate surface area is 92.2 Å². The Bertz CT molecular complexity index is 200. The van der Waals surface area contributed by atoms with E-state index in [9.17, 15) is 4.79 Å². The van der Waals surface area contributed by atoms with Crippen LogP contribution in [0.1, 0.15) is 33.6 Å². The van der Waals surface area contributed by atoms with E-state index < -0.39 is 0 Å². The summed E-state index contributed by atoms with van der Waals surface area (Å²) in [6, 6.07) is 0. The van der Waals surface area contributed by atoms with Crippen LogP contribution >= 0.6 is 12.4 Å². The molecule has 0 aromatic heterocycles. The second-order valence-corrected chi connectivity index (χ2v) is 4.85. The molecule has 14 heavy (non-hydrogen) atoms. The number of hydrogen-bond acceptors (Lipinski definition) is 2. The fraction of sp³-hybridized carbons (Fsp3) is 0.900. The van der Waals surface area contributed by atoms with Crippen LogP contribution < -0.4 is 11.1 Å². The summed E-state index contributed by atoms with van der Waals surface area (Å²) in [5.74, 6) is 1.13. The highest BCUT2D eigenvalue weighted by Crippen LogP contribution is 2.33. The van der Waals surface area contributed by atoms with Crippen LogP contribution in [0, 0.1) is 11.8 Å². The van der Waals surface area contributed by atoms with Gasteiger partial charge in [-0.3, -0.25) is 4.79 Å². The molecule has 1 rings (SSSR count). The summed E-state index contributed by atoms with van der Waals surface area (Å²) in [6.07, 6.45) is 2.07. The van der Waals surface area contributed by atoms with Crippen molar-refractivity contribution in [2.75, 3.05) is 6.54 Å². The van der Waals surface area contributed by atoms with Crippen molar-refractivity contribution in [3.63, 3.8) is 0 Å². The first kappa shape index (κ1) is 13.7. The van der Waals surface area contributed by atoms with Gasteiger partial charge in [0.1, 0.15) is 0 Å². The van der Waals surface area contributed by atoms with Gasteiger partial charge in [0.05, 0.1) is 0 Å². The van der Waals surface area contributed by atoms with Crippen LogP contribution in [-0.4, -0.2) is 18.0 Å². The first-order valence-electron chi connectivity index (χ1n) is 4.96. The van der Waals surface area contributed by atoms with E-state index in [0.717, 1.165) is 18.8 Å². The van der Waals surface area contributed by atoms with Crippen LogP contribution in [-0.2, 0) is 4.79 Å². The van der Waals surface area contributed by atoms with Crippen LogP contribution in [0.4, 0.5) is 0 Å². The van der Waals surface area contributed by atoms with E-state index in [2.05, 4.69) is 12.2 Å². The minimum Gasteiger partial charge on any atom is -0.350 e. The second kappa shape index (κ2) is 4.99. The van der Waals surface area contributed by atoms with Gasteiger partial charge in [-0.15, -0.1) is 12.4 Å². The van der Waals surface area contributed by atoms with Crippen molar-refractivity contribution in [3.8, 4) is 0 Å². The lowest BCUT2D eigenvalue weighted by molar-refractivity contribution is -0.130. The first-order chi connectivity index (χ1) is 5.94. The van der Waals surface area contributed by atoms with Crippen LogP contribution in [0.25, 0.3) is 0 Å². The van der Waals surface area contributed by atoms with Crippen molar-refractivity contribution in [3.05, 3.63) is 0 Å². The molecule has 1 saturated carbocycles. The highest BCUT2D eigenvalue weighted by molar-refractivity contribution is 5.85. The third-order valence-electron chi connectivity index (χ3n) is 2.72. The summed E-state index contributed by atoms with van der Waals surface area (Å²) < 4.78 is 0. The number of rotatable bonds is 3. The smallest absolute Gasteiger partial charge is 0.223 e. The maximum Gasteiger partial charge on any atom is 0.223 e. The minimum atomic E-state index is -0.254. The van der Waals surface area contributed by atoms with E-state index in [4.69, 9.17) is 5.73 Å². The Hall–Kier alpha value is -0.280. The van der Waals surface area contributed by atoms with E-state index in [1.165, 1.54) is 0 Å². The van der Waals surface area contributed by atoms with Gasteiger partial charge in [0, 0.05) is 18.0 Å². The lowest BCUT2D eigenvalue weighted by Gasteiger charge is -2.34. The number of amides is 1. The van der Waals surface area contributed by atoms with Gasteiger partial charge in [0.2, 0.25) is 5.91 Å². The lowest BCUT2D eigenvalue weighted by Crippen LogP contribution is -2.52. The summed E-state index contributed by atoms with van der Waals surface area (Å²) >= 11 is 0. The van der Waals surface area contributed by atoms with Gasteiger partial charge < -0.3 is 11.1 Å². The number of carbonyl (C=O) groups excluding carboxylic acids is 1. The van der Waals surface area contributed by atoms with Gasteiger partial charge >= 0.3 is 0 Å². The highest BCUT2D eigenvalue weighted by atomic mass is 35.5. The van der Waals surface area contributed by atoms with E-state index in [-0.39, 0.29) is 29.8 Å². The van der Waals surface area contributed by atoms with Crippen LogP contribution in [0.2, 0.25) is 0 Å². The largest absolute Gasteiger partial charge is 0.350 e. The van der Waals surface area contributed by atoms with Crippen LogP contribution in [0.5, 0.6) is 0 Å². The Morgan fingerprint density at radius 2 is 2.00 bits per heavy atom. The third kappa shape index (κ3) is 3.46. The normalized spacial score (nSPS) is 26.0. The molecule has 0 unspecified atom stereocenters. The minimum absolute atomic E-state index is 0. The van der Waals surface area contributed by atoms with Crippen molar-refractivity contribution in [1.29, 1.82) is 0 Å². The molecule has 0 aromatic carbocycles. The molecule has 1 amide bonds. The van der Waals surface area contributed by atoms with Crippen molar-refractivity contribution in [2.24, 2.45) is 17.6 Å². The predicted octanol–water partition coefficient (Wildman–Crippen LogP) is 1.31. The molecule has 0 saturated heterocycles. The van der Waals surface area contributed by atoms with Crippen LogP contribution in [0.3, 0.4) is 0 Å². The zero-order valence-electron chi connectivity index (χ0n) is 9.17. The fourth-order valence-corrected chi connectivity index (χ4v) is 1.60. The van der Waals surface area contributed by atoms with Gasteiger partial charge in [0.15, 0.2) is 0 Å². The average Bonchev–Trinajstić information content (AvgIpc) is 1.98. The first-order valence-corrected chi connectivity index (χ1v) is 4.96. The number of nitrogens with two attached hydrogens (primary N) is 1. The Morgan fingerprint density at radius 1 is 1.50 bits per heavy atom. The summed E-state index contributed by atoms with van der Waals surface area (Å²) in [5, 5.41) is 2.96. The summed E-state index contributed by atoms with van der Waals surface area (Å²) in [4.78, 5) is 11.6. The van der Waals surface area contributed by atoms with E-state index >= 15 is 0 Å². The molecule has 4 heteroatoms. The number of halogens is 1. The second-order valence-electron chi connectivity index (χ2n) is 4.85. The molecule has 0 aliphatic heterocycles. The molecular weight excluding hydrogens is 200 g/mol. The Morgan fingerprint density at radius 3 is 2.36 bits per heavy atom. The lowest BCUT2D eigenvalue weighted by atomic mass is 9.75. The third-order valence-corrected chi connectivity index (χ3v) is 2.72. The Balaban J connectivity index is 0.00000169. The van der Waals surface area contributed by atoms with Gasteiger partial charge in [-0.2, -0.15) is 0 Å². The van der Waals surface area contributed by atoms with Crippen molar-refractivity contribution >= 4 is 18.3 Å². The molecule has 0 bridgehead atoms. The molecule has 0 radical (unpaired) electrons. The maximum atomic E-state index is 11.6. The van der Waals surface area contributed by atoms with Crippen molar-refractivity contribution in [2.45, 2.75) is 39.2 Å². The number of carbonyl (C=O) groups is 1. The van der Waals surface area contributed by atoms with Gasteiger partial charge in [0.25, 0.3) is 0 Å². The zero-order valence-corrected chi connectivity index (χ0v) is 9.99. The monoisotopic (exact) mass is 220 g/mol. The quantitative estimate of drug-likeness (QED) is 0.754. The highest BCUT2D eigenvalue weighted by Gasteiger charge is 2.33. The van der Waals surface area contributed by atoms with Crippen molar-refractivity contribution < 1.29 is 4.79 Å². The SMILES string of the molecule is CC1CC(C(=O)NC(C)(C)CN)C1.Cl. The summed E-state index contributed by atoms with van der Waals surface area (Å²) in [5.41, 5.74) is 5.27. The zero-order chi connectivity index (χ0) is 10.1. The molecule has 0 atom stereocenters. The van der Waals surface area contributed by atoms with E-state index in [1.54, 1.807) is 0 Å². The Kier molecular flexibility index (Phi) is 4.89. The van der Waals surface area contributed by atoms with Crippen LogP contribution in [0.15, 0.2) is 0 Å². The number of hydrogen-bond donors (Lipinski definition) is 2. The topological polar surface area (TPSA) is 55.1 Å². The average molecular weight is 221 g/mol. The van der Waals surface area contributed by atoms with Gasteiger partial charge in [-0.25, -0.2) is 0 Å². The molecule has 1 aliphatic carbocycles. The summed E-state index contributed by atoms with van der Waals surface area (Å²) in [6.45, 7) is 6.57. The predicted molar refractivity (Wildman–Crippen MR) is 60.4 cm³/mol. The van der Waals surface area contributed by atoms with E-state index in [1.807, 2.05) is 13.8 Å². The number of nitrogens with one attached hydrogen (secondary N) is 1. The van der Waals surface area contributed by atoms with Gasteiger partial charge in [-0.05, 0) is 32.6 Å². The van der Waals surface area contributed by atoms with Crippen molar-refractivity contribution in [1.82, 2.24) is 5.32 Å². The molecular formula is C10H21ClN2O. The van der Waals surface area contributed by atoms with E-state index in [0.29, 0.717) is 6.54 Å². The molecule has 3 nitrogen and oxygen atoms in total. The molecule has 0 spiro atoms. The van der Waals surface area contributed by atoms with Gasteiger partial charge in [-0.1, -0.05) is 6.92 Å². The fourth-order valence-electron chi connectivity index (χ4n) is 1.60. The molecule has 0 heterocycles. The molecule has 1 fully saturated rings. The molecule has 84 valence electrons. The molecule has 3 N–H and O–H groups in total. The maximum absolute atomic E-state index is 11.6. The summed E-state index contributed by atoms with van der Waals surface area (Å²) in [7, 11) is 0. The molecule has 0 aromatic rings. The molecule has 1 aliphatic rings.